The summed E-state index contributed by atoms with van der Waals surface area (Å²) in [6.07, 6.45) is 0.721. The molecule has 3 aromatic carbocycles. The first-order chi connectivity index (χ1) is 23.1. The number of amides is 1. The Kier molecular flexibility index (Phi) is 10.4. The monoisotopic (exact) mass is 700 g/mol. The number of aliphatic hydroxyl groups is 1. The van der Waals surface area contributed by atoms with E-state index >= 15 is 0 Å². The smallest absolute Gasteiger partial charge is 0.358 e. The lowest BCUT2D eigenvalue weighted by Crippen LogP contribution is -2.37. The summed E-state index contributed by atoms with van der Waals surface area (Å²) in [6, 6.07) is 22.3. The lowest BCUT2D eigenvalue weighted by Gasteiger charge is -2.31. The van der Waals surface area contributed by atoms with Gasteiger partial charge in [0.05, 0.1) is 28.3 Å². The molecule has 250 valence electrons. The van der Waals surface area contributed by atoms with Crippen molar-refractivity contribution in [2.24, 2.45) is 0 Å². The topological polar surface area (TPSA) is 105 Å². The van der Waals surface area contributed by atoms with E-state index in [0.29, 0.717) is 40.4 Å². The minimum atomic E-state index is -1.32. The van der Waals surface area contributed by atoms with Crippen molar-refractivity contribution in [2.75, 3.05) is 36.3 Å². The largest absolute Gasteiger partial charge is 0.461 e. The fourth-order valence-corrected chi connectivity index (χ4v) is 8.33. The standard InChI is InChI=1S/C36H40N4O5S2Si/c1-5-45-34(43)31-32(26-15-13-24(22-41)14-16-26)47-35(38-31)39-18-17-25-9-8-10-27(28(25)21-39)33(42)40(23-44-19-20-48(2,3)4)36-37-29-11-6-7-12-30(29)46-36/h6-16,41H,5,17-23H2,1-4H3. The molecule has 2 aromatic heterocycles. The van der Waals surface area contributed by atoms with Crippen molar-refractivity contribution in [2.45, 2.75) is 52.2 Å². The van der Waals surface area contributed by atoms with E-state index in [9.17, 15) is 14.7 Å². The van der Waals surface area contributed by atoms with Crippen molar-refractivity contribution in [1.29, 1.82) is 0 Å². The van der Waals surface area contributed by atoms with E-state index in [1.54, 1.807) is 11.8 Å². The summed E-state index contributed by atoms with van der Waals surface area (Å²) in [7, 11) is -1.32. The minimum Gasteiger partial charge on any atom is -0.461 e. The number of carbonyl (C=O) groups excluding carboxylic acids is 2. The zero-order valence-electron chi connectivity index (χ0n) is 27.7. The lowest BCUT2D eigenvalue weighted by molar-refractivity contribution is 0.0521. The number of ether oxygens (including phenoxy) is 2. The van der Waals surface area contributed by atoms with Crippen molar-refractivity contribution in [3.8, 4) is 10.4 Å². The van der Waals surface area contributed by atoms with E-state index in [2.05, 4.69) is 30.6 Å². The van der Waals surface area contributed by atoms with Crippen LogP contribution in [0.15, 0.2) is 66.7 Å². The Morgan fingerprint density at radius 3 is 2.52 bits per heavy atom. The molecule has 3 heterocycles. The van der Waals surface area contributed by atoms with Gasteiger partial charge in [0.15, 0.2) is 16.0 Å². The molecular weight excluding hydrogens is 661 g/mol. The molecular formula is C36H40N4O5S2Si. The molecule has 12 heteroatoms. The van der Waals surface area contributed by atoms with Gasteiger partial charge in [0.1, 0.15) is 6.73 Å². The summed E-state index contributed by atoms with van der Waals surface area (Å²) < 4.78 is 12.5. The number of carbonyl (C=O) groups is 2. The molecule has 0 atom stereocenters. The maximum Gasteiger partial charge on any atom is 0.358 e. The van der Waals surface area contributed by atoms with Gasteiger partial charge in [-0.1, -0.05) is 90.8 Å². The molecule has 0 saturated heterocycles. The van der Waals surface area contributed by atoms with Crippen LogP contribution >= 0.6 is 22.7 Å². The van der Waals surface area contributed by atoms with Crippen molar-refractivity contribution in [1.82, 2.24) is 9.97 Å². The fourth-order valence-electron chi connectivity index (χ4n) is 5.54. The molecule has 48 heavy (non-hydrogen) atoms. The van der Waals surface area contributed by atoms with Crippen LogP contribution in [0, 0.1) is 0 Å². The number of thiazole rings is 2. The molecule has 1 N–H and O–H groups in total. The number of aromatic nitrogens is 2. The summed E-state index contributed by atoms with van der Waals surface area (Å²) in [5.41, 5.74) is 5.38. The molecule has 1 aliphatic rings. The zero-order valence-corrected chi connectivity index (χ0v) is 30.3. The first-order valence-electron chi connectivity index (χ1n) is 16.1. The van der Waals surface area contributed by atoms with Gasteiger partial charge in [-0.2, -0.15) is 0 Å². The maximum absolute atomic E-state index is 14.5. The van der Waals surface area contributed by atoms with E-state index in [1.165, 1.54) is 22.7 Å². The predicted molar refractivity (Wildman–Crippen MR) is 196 cm³/mol. The second kappa shape index (κ2) is 14.7. The Hall–Kier alpha value is -3.94. The van der Waals surface area contributed by atoms with Gasteiger partial charge in [0.25, 0.3) is 5.91 Å². The van der Waals surface area contributed by atoms with Gasteiger partial charge < -0.3 is 19.5 Å². The number of rotatable bonds is 12. The van der Waals surface area contributed by atoms with Crippen LogP contribution in [0.5, 0.6) is 0 Å². The van der Waals surface area contributed by atoms with Crippen LogP contribution < -0.4 is 9.80 Å². The molecule has 0 saturated carbocycles. The third-order valence-electron chi connectivity index (χ3n) is 8.23. The minimum absolute atomic E-state index is 0.0613. The summed E-state index contributed by atoms with van der Waals surface area (Å²) >= 11 is 2.91. The third kappa shape index (κ3) is 7.53. The molecule has 6 rings (SSSR count). The second-order valence-corrected chi connectivity index (χ2v) is 20.5. The summed E-state index contributed by atoms with van der Waals surface area (Å²) in [5.74, 6) is -0.633. The Bertz CT molecular complexity index is 1880. The Labute approximate surface area is 289 Å². The van der Waals surface area contributed by atoms with Crippen LogP contribution in [0.4, 0.5) is 10.3 Å². The number of esters is 1. The van der Waals surface area contributed by atoms with Crippen LogP contribution in [-0.4, -0.2) is 61.5 Å². The molecule has 0 aliphatic carbocycles. The molecule has 0 radical (unpaired) electrons. The molecule has 0 unspecified atom stereocenters. The number of para-hydroxylation sites is 1. The summed E-state index contributed by atoms with van der Waals surface area (Å²) in [4.78, 5) is 41.7. The van der Waals surface area contributed by atoms with E-state index in [-0.39, 0.29) is 31.5 Å². The summed E-state index contributed by atoms with van der Waals surface area (Å²) in [6.45, 7) is 10.7. The van der Waals surface area contributed by atoms with E-state index in [4.69, 9.17) is 19.4 Å². The molecule has 1 aliphatic heterocycles. The van der Waals surface area contributed by atoms with Crippen molar-refractivity contribution in [3.63, 3.8) is 0 Å². The van der Waals surface area contributed by atoms with E-state index in [1.807, 2.05) is 60.7 Å². The van der Waals surface area contributed by atoms with Gasteiger partial charge in [-0.3, -0.25) is 9.69 Å². The van der Waals surface area contributed by atoms with E-state index < -0.39 is 14.0 Å². The highest BCUT2D eigenvalue weighted by molar-refractivity contribution is 7.22. The van der Waals surface area contributed by atoms with Gasteiger partial charge in [-0.05, 0) is 59.8 Å². The molecule has 0 fully saturated rings. The fraction of sp³-hybridized carbons (Fsp3) is 0.333. The first kappa shape index (κ1) is 33.9. The maximum atomic E-state index is 14.5. The van der Waals surface area contributed by atoms with Crippen LogP contribution in [0.1, 0.15) is 44.5 Å². The highest BCUT2D eigenvalue weighted by Gasteiger charge is 2.30. The van der Waals surface area contributed by atoms with Gasteiger partial charge in [0, 0.05) is 33.3 Å². The van der Waals surface area contributed by atoms with Crippen molar-refractivity contribution in [3.05, 3.63) is 94.7 Å². The Balaban J connectivity index is 1.32. The average molecular weight is 701 g/mol. The molecule has 5 aromatic rings. The molecule has 0 spiro atoms. The zero-order chi connectivity index (χ0) is 33.8. The number of hydrogen-bond donors (Lipinski definition) is 1. The summed E-state index contributed by atoms with van der Waals surface area (Å²) in [5, 5.41) is 10.8. The highest BCUT2D eigenvalue weighted by atomic mass is 32.1. The number of nitrogens with zero attached hydrogens (tertiary/aromatic N) is 4. The average Bonchev–Trinajstić information content (AvgIpc) is 3.73. The van der Waals surface area contributed by atoms with Crippen LogP contribution in [0.3, 0.4) is 0 Å². The number of fused-ring (bicyclic) bond motifs is 2. The number of benzene rings is 3. The van der Waals surface area contributed by atoms with Crippen LogP contribution in [0.2, 0.25) is 25.7 Å². The van der Waals surface area contributed by atoms with E-state index in [0.717, 1.165) is 44.9 Å². The molecule has 9 nitrogen and oxygen atoms in total. The van der Waals surface area contributed by atoms with Gasteiger partial charge in [0.2, 0.25) is 0 Å². The van der Waals surface area contributed by atoms with Crippen molar-refractivity contribution < 1.29 is 24.2 Å². The SMILES string of the molecule is CCOC(=O)c1nc(N2CCc3cccc(C(=O)N(COCC[Si](C)(C)C)c4nc5ccccc5s4)c3C2)sc1-c1ccc(CO)cc1. The normalized spacial score (nSPS) is 13.1. The van der Waals surface area contributed by atoms with Gasteiger partial charge in [-0.15, -0.1) is 0 Å². The molecule has 1 amide bonds. The highest BCUT2D eigenvalue weighted by Crippen LogP contribution is 2.38. The van der Waals surface area contributed by atoms with Crippen molar-refractivity contribution >= 4 is 63.1 Å². The predicted octanol–water partition coefficient (Wildman–Crippen LogP) is 7.61. The third-order valence-corrected chi connectivity index (χ3v) is 12.2. The van der Waals surface area contributed by atoms with Crippen LogP contribution in [0.25, 0.3) is 20.7 Å². The number of anilines is 2. The lowest BCUT2D eigenvalue weighted by atomic mass is 9.94. The first-order valence-corrected chi connectivity index (χ1v) is 21.5. The second-order valence-electron chi connectivity index (χ2n) is 12.9. The quantitative estimate of drug-likeness (QED) is 0.0614. The van der Waals surface area contributed by atoms with Gasteiger partial charge >= 0.3 is 5.97 Å². The molecule has 0 bridgehead atoms. The Morgan fingerprint density at radius 2 is 1.79 bits per heavy atom. The Morgan fingerprint density at radius 1 is 1.00 bits per heavy atom. The van der Waals surface area contributed by atoms with Crippen LogP contribution in [-0.2, 0) is 29.0 Å². The number of aliphatic hydroxyl groups excluding tert-OH is 1. The van der Waals surface area contributed by atoms with Gasteiger partial charge in [-0.25, -0.2) is 14.8 Å². The number of hydrogen-bond acceptors (Lipinski definition) is 10.